The van der Waals surface area contributed by atoms with Gasteiger partial charge >= 0.3 is 12.2 Å². The molecule has 334 valence electrons. The summed E-state index contributed by atoms with van der Waals surface area (Å²) in [5.41, 5.74) is 5.28. The van der Waals surface area contributed by atoms with Gasteiger partial charge in [0.05, 0.1) is 41.6 Å². The largest absolute Gasteiger partial charge is 0.447 e. The first-order valence-corrected chi connectivity index (χ1v) is 29.6. The predicted octanol–water partition coefficient (Wildman–Crippen LogP) is 11.5. The van der Waals surface area contributed by atoms with E-state index in [1.165, 1.54) is 0 Å². The zero-order valence-corrected chi connectivity index (χ0v) is 41.0. The van der Waals surface area contributed by atoms with E-state index in [0.29, 0.717) is 46.3 Å². The standard InChI is InChI=1S/C47H72N6O6Si2/c1-13-24-50(45(54)58-35(2)3)32-43-49-39-23-20-37(30-41(39)52(43)33-56-26-28-60(7,8)9)17-16-36-18-21-38(22-19-36)42-31-48-44(53(42)34-57-27-29-61(10,11)12)40-15-14-25-51(40)46(55)59-47(4,5)6/h16-23,30-31,35,40H,13-15,24-29,32-34H2,1-12H3/b17-16+/t40-/m0/s1. The molecule has 61 heavy (non-hydrogen) atoms. The van der Waals surface area contributed by atoms with Crippen molar-refractivity contribution in [3.8, 4) is 11.3 Å². The third-order valence-corrected chi connectivity index (χ3v) is 13.9. The number of hydrogen-bond donors (Lipinski definition) is 0. The molecule has 14 heteroatoms. The van der Waals surface area contributed by atoms with Crippen LogP contribution in [0.15, 0.2) is 48.7 Å². The molecule has 0 bridgehead atoms. The molecule has 1 saturated heterocycles. The number of nitrogens with zero attached hydrogens (tertiary/aromatic N) is 6. The molecule has 0 radical (unpaired) electrons. The van der Waals surface area contributed by atoms with Crippen LogP contribution >= 0.6 is 0 Å². The fourth-order valence-corrected chi connectivity index (χ4v) is 8.65. The Morgan fingerprint density at radius 3 is 2.13 bits per heavy atom. The SMILES string of the molecule is CCCN(Cc1nc2ccc(/C=C/c3ccc(-c4cnc([C@@H]5CCCN5C(=O)OC(C)(C)C)n4COCC[Si](C)(C)C)cc3)cc2n1COCC[Si](C)(C)C)C(=O)OC(C)C. The second kappa shape index (κ2) is 20.7. The van der Waals surface area contributed by atoms with Crippen LogP contribution in [0.4, 0.5) is 9.59 Å². The Morgan fingerprint density at radius 1 is 0.902 bits per heavy atom. The van der Waals surface area contributed by atoms with Crippen LogP contribution in [0.5, 0.6) is 0 Å². The molecule has 4 aromatic rings. The Balaban J connectivity index is 1.39. The second-order valence-electron chi connectivity index (χ2n) is 20.0. The predicted molar refractivity (Wildman–Crippen MR) is 252 cm³/mol. The number of hydrogen-bond acceptors (Lipinski definition) is 8. The Kier molecular flexibility index (Phi) is 16.3. The van der Waals surface area contributed by atoms with Gasteiger partial charge in [-0.15, -0.1) is 0 Å². The minimum absolute atomic E-state index is 0.190. The molecule has 1 atom stereocenters. The normalized spacial score (nSPS) is 15.1. The molecule has 12 nitrogen and oxygen atoms in total. The maximum Gasteiger partial charge on any atom is 0.410 e. The van der Waals surface area contributed by atoms with Gasteiger partial charge in [0, 0.05) is 42.5 Å². The number of amides is 2. The van der Waals surface area contributed by atoms with Gasteiger partial charge in [-0.1, -0.05) is 88.7 Å². The van der Waals surface area contributed by atoms with Crippen molar-refractivity contribution in [2.24, 2.45) is 0 Å². The first-order chi connectivity index (χ1) is 28.7. The summed E-state index contributed by atoms with van der Waals surface area (Å²) in [6.07, 6.45) is 7.80. The van der Waals surface area contributed by atoms with Gasteiger partial charge in [0.2, 0.25) is 0 Å². The molecular formula is C47H72N6O6Si2. The highest BCUT2D eigenvalue weighted by atomic mass is 28.3. The van der Waals surface area contributed by atoms with Gasteiger partial charge in [0.25, 0.3) is 0 Å². The van der Waals surface area contributed by atoms with E-state index in [1.54, 1.807) is 4.90 Å². The van der Waals surface area contributed by atoms with E-state index in [2.05, 4.69) is 104 Å². The van der Waals surface area contributed by atoms with E-state index in [1.807, 2.05) is 51.8 Å². The van der Waals surface area contributed by atoms with Crippen molar-refractivity contribution >= 4 is 51.5 Å². The minimum atomic E-state index is -1.28. The Bertz CT molecular complexity index is 2090. The van der Waals surface area contributed by atoms with Crippen molar-refractivity contribution in [2.75, 3.05) is 26.3 Å². The summed E-state index contributed by atoms with van der Waals surface area (Å²) >= 11 is 0. The highest BCUT2D eigenvalue weighted by Crippen LogP contribution is 2.35. The molecule has 0 spiro atoms. The zero-order chi connectivity index (χ0) is 44.5. The fraction of sp³-hybridized carbons (Fsp3) is 0.574. The Labute approximate surface area is 366 Å². The second-order valence-corrected chi connectivity index (χ2v) is 31.2. The molecule has 2 aromatic carbocycles. The summed E-state index contributed by atoms with van der Waals surface area (Å²) in [4.78, 5) is 39.8. The highest BCUT2D eigenvalue weighted by Gasteiger charge is 2.36. The van der Waals surface area contributed by atoms with Crippen molar-refractivity contribution in [3.63, 3.8) is 0 Å². The van der Waals surface area contributed by atoms with E-state index in [9.17, 15) is 9.59 Å². The van der Waals surface area contributed by atoms with Crippen LogP contribution in [0.25, 0.3) is 34.4 Å². The minimum Gasteiger partial charge on any atom is -0.447 e. The van der Waals surface area contributed by atoms with E-state index in [0.717, 1.165) is 76.4 Å². The molecular weight excluding hydrogens is 801 g/mol. The van der Waals surface area contributed by atoms with E-state index >= 15 is 0 Å². The third kappa shape index (κ3) is 14.1. The summed E-state index contributed by atoms with van der Waals surface area (Å²) in [7, 11) is -2.56. The number of rotatable bonds is 19. The van der Waals surface area contributed by atoms with Crippen molar-refractivity contribution < 1.29 is 28.5 Å². The first kappa shape index (κ1) is 47.8. The molecule has 5 rings (SSSR count). The van der Waals surface area contributed by atoms with Gasteiger partial charge in [0.15, 0.2) is 0 Å². The third-order valence-electron chi connectivity index (χ3n) is 10.4. The lowest BCUT2D eigenvalue weighted by molar-refractivity contribution is 0.0204. The number of ether oxygens (including phenoxy) is 4. The summed E-state index contributed by atoms with van der Waals surface area (Å²) in [5, 5.41) is 0. The molecule has 2 amide bonds. The summed E-state index contributed by atoms with van der Waals surface area (Å²) in [6, 6.07) is 16.7. The summed E-state index contributed by atoms with van der Waals surface area (Å²) in [5.74, 6) is 1.59. The van der Waals surface area contributed by atoms with Gasteiger partial charge < -0.3 is 33.0 Å². The lowest BCUT2D eigenvalue weighted by Crippen LogP contribution is -2.37. The maximum absolute atomic E-state index is 13.3. The van der Waals surface area contributed by atoms with Gasteiger partial charge in [0.1, 0.15) is 30.7 Å². The van der Waals surface area contributed by atoms with Gasteiger partial charge in [-0.3, -0.25) is 4.90 Å². The van der Waals surface area contributed by atoms with Crippen molar-refractivity contribution in [1.29, 1.82) is 0 Å². The Morgan fingerprint density at radius 2 is 1.52 bits per heavy atom. The number of fused-ring (bicyclic) bond motifs is 1. The van der Waals surface area contributed by atoms with Crippen LogP contribution in [-0.2, 0) is 39.0 Å². The van der Waals surface area contributed by atoms with Crippen LogP contribution in [0.1, 0.15) is 89.6 Å². The van der Waals surface area contributed by atoms with Crippen LogP contribution in [0.3, 0.4) is 0 Å². The average Bonchev–Trinajstić information content (AvgIpc) is 3.90. The molecule has 0 aliphatic carbocycles. The van der Waals surface area contributed by atoms with Crippen molar-refractivity contribution in [1.82, 2.24) is 28.9 Å². The van der Waals surface area contributed by atoms with E-state index in [4.69, 9.17) is 28.9 Å². The van der Waals surface area contributed by atoms with Crippen molar-refractivity contribution in [2.45, 2.75) is 150 Å². The van der Waals surface area contributed by atoms with E-state index < -0.39 is 21.7 Å². The number of imidazole rings is 2. The highest BCUT2D eigenvalue weighted by molar-refractivity contribution is 6.76. The average molecular weight is 873 g/mol. The van der Waals surface area contributed by atoms with Gasteiger partial charge in [-0.2, -0.15) is 0 Å². The maximum atomic E-state index is 13.3. The van der Waals surface area contributed by atoms with Crippen LogP contribution in [0, 0.1) is 0 Å². The molecule has 0 saturated carbocycles. The first-order valence-electron chi connectivity index (χ1n) is 22.1. The number of aromatic nitrogens is 4. The summed E-state index contributed by atoms with van der Waals surface area (Å²) in [6.45, 7) is 29.2. The van der Waals surface area contributed by atoms with Crippen molar-refractivity contribution in [3.05, 3.63) is 71.4 Å². The number of carbonyl (C=O) groups is 2. The molecule has 3 heterocycles. The molecule has 0 N–H and O–H groups in total. The molecule has 2 aromatic heterocycles. The number of likely N-dealkylation sites (tertiary alicyclic amines) is 1. The molecule has 1 aliphatic rings. The molecule has 1 aliphatic heterocycles. The topological polar surface area (TPSA) is 113 Å². The number of carbonyl (C=O) groups excluding carboxylic acids is 2. The van der Waals surface area contributed by atoms with Crippen LogP contribution in [-0.4, -0.2) is 95.2 Å². The smallest absolute Gasteiger partial charge is 0.410 e. The van der Waals surface area contributed by atoms with E-state index in [-0.39, 0.29) is 24.3 Å². The molecule has 1 fully saturated rings. The Hall–Kier alpha value is -4.25. The van der Waals surface area contributed by atoms with Crippen LogP contribution in [0.2, 0.25) is 51.4 Å². The zero-order valence-electron chi connectivity index (χ0n) is 39.0. The summed E-state index contributed by atoms with van der Waals surface area (Å²) < 4.78 is 28.2. The quantitative estimate of drug-likeness (QED) is 0.0520. The lowest BCUT2D eigenvalue weighted by atomic mass is 10.1. The van der Waals surface area contributed by atoms with Gasteiger partial charge in [-0.25, -0.2) is 19.6 Å². The lowest BCUT2D eigenvalue weighted by Gasteiger charge is -2.29. The molecule has 0 unspecified atom stereocenters. The monoisotopic (exact) mass is 873 g/mol. The van der Waals surface area contributed by atoms with Gasteiger partial charge in [-0.05, 0) is 94.8 Å². The van der Waals surface area contributed by atoms with Crippen LogP contribution < -0.4 is 0 Å². The number of benzene rings is 2. The fourth-order valence-electron chi connectivity index (χ4n) is 7.13.